The molecule has 2 aliphatic heterocycles. The van der Waals surface area contributed by atoms with Crippen LogP contribution in [0.3, 0.4) is 0 Å². The molecule has 13 heteroatoms. The lowest BCUT2D eigenvalue weighted by Gasteiger charge is -2.39. The molecular formula is C29H38Cl2N8O3. The Morgan fingerprint density at radius 1 is 1.24 bits per heavy atom. The maximum Gasteiger partial charge on any atom is 0.271 e. The molecule has 1 atom stereocenters. The zero-order valence-electron chi connectivity index (χ0n) is 24.5. The number of nitrogens with one attached hydrogen (secondary N) is 3. The number of ether oxygens (including phenoxy) is 1. The van der Waals surface area contributed by atoms with Crippen LogP contribution >= 0.6 is 23.2 Å². The first-order valence-electron chi connectivity index (χ1n) is 14.1. The van der Waals surface area contributed by atoms with Gasteiger partial charge in [0.15, 0.2) is 11.0 Å². The van der Waals surface area contributed by atoms with Crippen LogP contribution in [0.4, 0.5) is 5.82 Å². The van der Waals surface area contributed by atoms with Crippen molar-refractivity contribution in [2.24, 2.45) is 0 Å². The standard InChI is InChI=1S/C29H38Cl2N8O3/c1-6-24(40)38-14-17(15-38)33-28(41)25-26(31)34-23(39(25)18-7-8-37(16-18)9-10-42-5)13-32-27-19-11-20(29(2,3)4)21(30)12-22(19)35-36-27/h6,11-12,17-18H,1,7-10,13-16H2,2-5H3,(H,33,41)(H2,32,35,36)/t18-/m1/s1. The molecule has 2 aromatic heterocycles. The number of aromatic nitrogens is 4. The number of hydrogen-bond acceptors (Lipinski definition) is 7. The number of nitrogens with zero attached hydrogens (tertiary/aromatic N) is 5. The summed E-state index contributed by atoms with van der Waals surface area (Å²) in [7, 11) is 1.69. The number of amides is 2. The molecule has 0 unspecified atom stereocenters. The van der Waals surface area contributed by atoms with E-state index in [0.29, 0.717) is 48.6 Å². The number of rotatable bonds is 10. The molecule has 0 saturated carbocycles. The van der Waals surface area contributed by atoms with E-state index in [9.17, 15) is 9.59 Å². The number of imidazole rings is 1. The summed E-state index contributed by atoms with van der Waals surface area (Å²) in [5.74, 6) is 0.849. The van der Waals surface area contributed by atoms with Crippen LogP contribution in [0.15, 0.2) is 24.8 Å². The summed E-state index contributed by atoms with van der Waals surface area (Å²) in [5, 5.41) is 15.7. The molecule has 11 nitrogen and oxygen atoms in total. The van der Waals surface area contributed by atoms with Gasteiger partial charge in [0.25, 0.3) is 5.91 Å². The maximum absolute atomic E-state index is 13.6. The van der Waals surface area contributed by atoms with Gasteiger partial charge in [0.05, 0.1) is 24.7 Å². The third-order valence-electron chi connectivity index (χ3n) is 7.96. The van der Waals surface area contributed by atoms with Gasteiger partial charge in [0.2, 0.25) is 5.91 Å². The van der Waals surface area contributed by atoms with Gasteiger partial charge in [-0.1, -0.05) is 50.6 Å². The van der Waals surface area contributed by atoms with Crippen LogP contribution in [0, 0.1) is 0 Å². The zero-order valence-corrected chi connectivity index (χ0v) is 26.0. The number of likely N-dealkylation sites (tertiary alicyclic amines) is 2. The second-order valence-corrected chi connectivity index (χ2v) is 12.7. The van der Waals surface area contributed by atoms with Crippen LogP contribution < -0.4 is 10.6 Å². The van der Waals surface area contributed by atoms with E-state index in [2.05, 4.69) is 64.1 Å². The van der Waals surface area contributed by atoms with Gasteiger partial charge in [-0.05, 0) is 35.6 Å². The number of carbonyl (C=O) groups excluding carboxylic acids is 2. The summed E-state index contributed by atoms with van der Waals surface area (Å²) >= 11 is 13.2. The predicted molar refractivity (Wildman–Crippen MR) is 164 cm³/mol. The summed E-state index contributed by atoms with van der Waals surface area (Å²) < 4.78 is 7.24. The van der Waals surface area contributed by atoms with E-state index < -0.39 is 0 Å². The van der Waals surface area contributed by atoms with Crippen LogP contribution in [0.25, 0.3) is 10.9 Å². The van der Waals surface area contributed by atoms with E-state index in [0.717, 1.165) is 42.5 Å². The van der Waals surface area contributed by atoms with Crippen molar-refractivity contribution in [2.75, 3.05) is 51.8 Å². The van der Waals surface area contributed by atoms with E-state index >= 15 is 0 Å². The molecule has 2 fully saturated rings. The van der Waals surface area contributed by atoms with Crippen LogP contribution in [0.1, 0.15) is 55.1 Å². The average molecular weight is 618 g/mol. The number of methoxy groups -OCH3 is 1. The van der Waals surface area contributed by atoms with Crippen molar-refractivity contribution in [2.45, 2.75) is 51.2 Å². The van der Waals surface area contributed by atoms with Crippen molar-refractivity contribution in [1.82, 2.24) is 34.9 Å². The highest BCUT2D eigenvalue weighted by Gasteiger charge is 2.35. The Kier molecular flexibility index (Phi) is 8.84. The zero-order chi connectivity index (χ0) is 30.2. The second-order valence-electron chi connectivity index (χ2n) is 11.9. The van der Waals surface area contributed by atoms with Crippen molar-refractivity contribution in [3.05, 3.63) is 52.0 Å². The van der Waals surface area contributed by atoms with Crippen LogP contribution in [0.2, 0.25) is 10.2 Å². The van der Waals surface area contributed by atoms with E-state index in [1.54, 1.807) is 12.0 Å². The maximum atomic E-state index is 13.6. The summed E-state index contributed by atoms with van der Waals surface area (Å²) in [6.07, 6.45) is 2.12. The lowest BCUT2D eigenvalue weighted by atomic mass is 9.86. The van der Waals surface area contributed by atoms with Crippen LogP contribution in [-0.2, 0) is 21.5 Å². The minimum Gasteiger partial charge on any atom is -0.383 e. The van der Waals surface area contributed by atoms with Crippen molar-refractivity contribution in [3.8, 4) is 0 Å². The first-order valence-corrected chi connectivity index (χ1v) is 14.9. The fourth-order valence-corrected chi connectivity index (χ4v) is 6.38. The molecule has 4 heterocycles. The Balaban J connectivity index is 1.40. The normalized spacial score (nSPS) is 18.0. The molecule has 42 heavy (non-hydrogen) atoms. The number of anilines is 1. The number of fused-ring (bicyclic) bond motifs is 1. The highest BCUT2D eigenvalue weighted by atomic mass is 35.5. The molecule has 3 N–H and O–H groups in total. The minimum atomic E-state index is -0.306. The first kappa shape index (κ1) is 30.3. The summed E-state index contributed by atoms with van der Waals surface area (Å²) in [4.78, 5) is 34.0. The van der Waals surface area contributed by atoms with E-state index in [4.69, 9.17) is 27.9 Å². The number of halogens is 2. The smallest absolute Gasteiger partial charge is 0.271 e. The fourth-order valence-electron chi connectivity index (χ4n) is 5.66. The van der Waals surface area contributed by atoms with Crippen LogP contribution in [0.5, 0.6) is 0 Å². The number of hydrogen-bond donors (Lipinski definition) is 3. The number of aromatic amines is 1. The van der Waals surface area contributed by atoms with Gasteiger partial charge in [-0.25, -0.2) is 4.98 Å². The Hall–Kier alpha value is -3.12. The van der Waals surface area contributed by atoms with Crippen molar-refractivity contribution >= 4 is 51.7 Å². The lowest BCUT2D eigenvalue weighted by Crippen LogP contribution is -2.60. The summed E-state index contributed by atoms with van der Waals surface area (Å²) in [6.45, 7) is 14.1. The summed E-state index contributed by atoms with van der Waals surface area (Å²) in [6, 6.07) is 3.80. The molecule has 1 aromatic carbocycles. The fraction of sp³-hybridized carbons (Fsp3) is 0.517. The molecule has 2 saturated heterocycles. The Labute approximate surface area is 255 Å². The van der Waals surface area contributed by atoms with E-state index in [1.165, 1.54) is 6.08 Å². The molecule has 0 aliphatic carbocycles. The number of benzene rings is 1. The first-order chi connectivity index (χ1) is 20.0. The minimum absolute atomic E-state index is 0.00173. The highest BCUT2D eigenvalue weighted by Crippen LogP contribution is 2.35. The Bertz CT molecular complexity index is 1490. The van der Waals surface area contributed by atoms with Gasteiger partial charge in [0, 0.05) is 56.3 Å². The molecule has 0 radical (unpaired) electrons. The largest absolute Gasteiger partial charge is 0.383 e. The Morgan fingerprint density at radius 3 is 2.69 bits per heavy atom. The number of carbonyl (C=O) groups is 2. The van der Waals surface area contributed by atoms with E-state index in [1.807, 2.05) is 10.6 Å². The van der Waals surface area contributed by atoms with Crippen molar-refractivity contribution in [1.29, 1.82) is 0 Å². The molecule has 0 bridgehead atoms. The molecular weight excluding hydrogens is 579 g/mol. The molecule has 5 rings (SSSR count). The van der Waals surface area contributed by atoms with Crippen molar-refractivity contribution < 1.29 is 14.3 Å². The number of H-pyrrole nitrogens is 1. The average Bonchev–Trinajstić information content (AvgIpc) is 3.62. The third kappa shape index (κ3) is 6.15. The molecule has 2 aliphatic rings. The Morgan fingerprint density at radius 2 is 2.00 bits per heavy atom. The highest BCUT2D eigenvalue weighted by molar-refractivity contribution is 6.32. The van der Waals surface area contributed by atoms with Gasteiger partial charge < -0.3 is 24.8 Å². The summed E-state index contributed by atoms with van der Waals surface area (Å²) in [5.41, 5.74) is 2.04. The van der Waals surface area contributed by atoms with Gasteiger partial charge in [-0.15, -0.1) is 0 Å². The van der Waals surface area contributed by atoms with E-state index in [-0.39, 0.29) is 34.5 Å². The molecule has 0 spiro atoms. The molecule has 226 valence electrons. The third-order valence-corrected chi connectivity index (χ3v) is 8.53. The van der Waals surface area contributed by atoms with Gasteiger partial charge in [-0.3, -0.25) is 19.6 Å². The topological polar surface area (TPSA) is 120 Å². The van der Waals surface area contributed by atoms with Gasteiger partial charge >= 0.3 is 0 Å². The second kappa shape index (κ2) is 12.2. The lowest BCUT2D eigenvalue weighted by molar-refractivity contribution is -0.130. The van der Waals surface area contributed by atoms with Crippen LogP contribution in [-0.4, -0.2) is 93.8 Å². The SMILES string of the molecule is C=CC(=O)N1CC(NC(=O)c2c(Cl)nc(CNc3n[nH]c4cc(Cl)c(C(C)(C)C)cc34)n2[C@@H]2CCN(CCOC)C2)C1. The molecule has 3 aromatic rings. The molecule has 2 amide bonds. The van der Waals surface area contributed by atoms with Crippen molar-refractivity contribution in [3.63, 3.8) is 0 Å². The van der Waals surface area contributed by atoms with Gasteiger partial charge in [0.1, 0.15) is 11.5 Å². The predicted octanol–water partition coefficient (Wildman–Crippen LogP) is 4.00. The monoisotopic (exact) mass is 616 g/mol. The quantitative estimate of drug-likeness (QED) is 0.294. The van der Waals surface area contributed by atoms with Gasteiger partial charge in [-0.2, -0.15) is 5.10 Å².